The highest BCUT2D eigenvalue weighted by atomic mass is 16.6. The molecule has 1 aromatic carbocycles. The molecule has 3 aromatic rings. The number of imidazole rings is 1. The minimum Gasteiger partial charge on any atom is -0.490 e. The fraction of sp³-hybridized carbons (Fsp3) is 0.381. The number of anilines is 1. The van der Waals surface area contributed by atoms with Crippen LogP contribution >= 0.6 is 0 Å². The Bertz CT molecular complexity index is 1070. The van der Waals surface area contributed by atoms with E-state index in [0.717, 1.165) is 49.8 Å². The van der Waals surface area contributed by atoms with Gasteiger partial charge in [0, 0.05) is 56.2 Å². The van der Waals surface area contributed by atoms with E-state index in [4.69, 9.17) is 15.5 Å². The lowest BCUT2D eigenvalue weighted by Crippen LogP contribution is -2.45. The fourth-order valence-electron chi connectivity index (χ4n) is 3.95. The maximum Gasteiger partial charge on any atom is 0.311 e. The molecule has 0 bridgehead atoms. The fourth-order valence-corrected chi connectivity index (χ4v) is 3.95. The van der Waals surface area contributed by atoms with Crippen LogP contribution in [0.15, 0.2) is 36.5 Å². The second-order valence-corrected chi connectivity index (χ2v) is 7.45. The summed E-state index contributed by atoms with van der Waals surface area (Å²) in [5.74, 6) is 0.231. The number of nitro benzene ring substituents is 1. The van der Waals surface area contributed by atoms with Gasteiger partial charge in [0.25, 0.3) is 0 Å². The molecule has 2 aromatic heterocycles. The van der Waals surface area contributed by atoms with Crippen molar-refractivity contribution in [2.75, 3.05) is 45.6 Å². The summed E-state index contributed by atoms with van der Waals surface area (Å²) in [6.07, 6.45) is 1.86. The van der Waals surface area contributed by atoms with E-state index < -0.39 is 4.92 Å². The predicted octanol–water partition coefficient (Wildman–Crippen LogP) is 2.64. The number of rotatable bonds is 6. The molecule has 1 aliphatic heterocycles. The molecule has 0 spiro atoms. The first-order valence-corrected chi connectivity index (χ1v) is 10.0. The van der Waals surface area contributed by atoms with Crippen molar-refractivity contribution in [2.45, 2.75) is 13.5 Å². The number of likely N-dealkylation sites (N-methyl/N-ethyl adjacent to an activating group) is 1. The van der Waals surface area contributed by atoms with Crippen molar-refractivity contribution >= 4 is 17.0 Å². The number of hydrogen-bond donors (Lipinski definition) is 1. The Morgan fingerprint density at radius 2 is 1.90 bits per heavy atom. The first-order valence-electron chi connectivity index (χ1n) is 10.0. The molecule has 0 atom stereocenters. The van der Waals surface area contributed by atoms with Crippen LogP contribution in [-0.2, 0) is 6.54 Å². The van der Waals surface area contributed by atoms with E-state index in [1.165, 1.54) is 13.2 Å². The van der Waals surface area contributed by atoms with E-state index in [1.807, 2.05) is 28.8 Å². The number of methoxy groups -OCH3 is 1. The molecule has 9 heteroatoms. The molecule has 1 aliphatic rings. The molecule has 9 nitrogen and oxygen atoms in total. The number of piperazine rings is 1. The van der Waals surface area contributed by atoms with Gasteiger partial charge >= 0.3 is 5.69 Å². The standard InChI is InChI=1S/C21H26N6O3/c1-3-24-8-10-25(11-9-24)14-18-21(23-20-7-5-16(22)13-26(18)20)15-4-6-19(30-2)17(12-15)27(28)29/h4-7,12-13H,3,8-11,14,22H2,1-2H3. The van der Waals surface area contributed by atoms with Crippen LogP contribution in [0, 0.1) is 10.1 Å². The summed E-state index contributed by atoms with van der Waals surface area (Å²) in [5, 5.41) is 11.5. The van der Waals surface area contributed by atoms with Crippen molar-refractivity contribution in [3.63, 3.8) is 0 Å². The second kappa shape index (κ2) is 8.29. The number of hydrogen-bond acceptors (Lipinski definition) is 7. The number of pyridine rings is 1. The first kappa shape index (κ1) is 20.1. The van der Waals surface area contributed by atoms with Gasteiger partial charge in [-0.1, -0.05) is 6.92 Å². The number of ether oxygens (including phenoxy) is 1. The number of nitro groups is 1. The van der Waals surface area contributed by atoms with Gasteiger partial charge in [0.05, 0.1) is 23.4 Å². The Morgan fingerprint density at radius 3 is 2.57 bits per heavy atom. The lowest BCUT2D eigenvalue weighted by molar-refractivity contribution is -0.385. The highest BCUT2D eigenvalue weighted by Crippen LogP contribution is 2.34. The highest BCUT2D eigenvalue weighted by molar-refractivity contribution is 5.71. The molecular weight excluding hydrogens is 384 g/mol. The van der Waals surface area contributed by atoms with E-state index in [2.05, 4.69) is 16.7 Å². The lowest BCUT2D eigenvalue weighted by atomic mass is 10.1. The van der Waals surface area contributed by atoms with Gasteiger partial charge in [0.2, 0.25) is 0 Å². The summed E-state index contributed by atoms with van der Waals surface area (Å²) >= 11 is 0. The molecular formula is C21H26N6O3. The molecule has 30 heavy (non-hydrogen) atoms. The zero-order chi connectivity index (χ0) is 21.3. The van der Waals surface area contributed by atoms with Gasteiger partial charge in [0.1, 0.15) is 5.65 Å². The number of benzene rings is 1. The molecule has 158 valence electrons. The molecule has 4 rings (SSSR count). The van der Waals surface area contributed by atoms with Gasteiger partial charge < -0.3 is 19.8 Å². The smallest absolute Gasteiger partial charge is 0.311 e. The molecule has 0 radical (unpaired) electrons. The Kier molecular flexibility index (Phi) is 5.56. The molecule has 0 aliphatic carbocycles. The van der Waals surface area contributed by atoms with Crippen LogP contribution < -0.4 is 10.5 Å². The number of nitrogens with two attached hydrogens (primary N) is 1. The predicted molar refractivity (Wildman–Crippen MR) is 116 cm³/mol. The molecule has 3 heterocycles. The van der Waals surface area contributed by atoms with Crippen LogP contribution in [0.3, 0.4) is 0 Å². The summed E-state index contributed by atoms with van der Waals surface area (Å²) in [7, 11) is 1.43. The Hall–Kier alpha value is -3.17. The van der Waals surface area contributed by atoms with Gasteiger partial charge in [-0.2, -0.15) is 0 Å². The van der Waals surface area contributed by atoms with Crippen molar-refractivity contribution in [1.82, 2.24) is 19.2 Å². The molecule has 1 fully saturated rings. The number of fused-ring (bicyclic) bond motifs is 1. The zero-order valence-electron chi connectivity index (χ0n) is 17.2. The molecule has 1 saturated heterocycles. The molecule has 0 amide bonds. The maximum atomic E-state index is 11.5. The number of nitrogen functional groups attached to an aromatic ring is 1. The van der Waals surface area contributed by atoms with Crippen molar-refractivity contribution < 1.29 is 9.66 Å². The minimum absolute atomic E-state index is 0.0749. The summed E-state index contributed by atoms with van der Waals surface area (Å²) in [5.41, 5.74) is 9.76. The van der Waals surface area contributed by atoms with Crippen LogP contribution in [0.5, 0.6) is 5.75 Å². The molecule has 0 unspecified atom stereocenters. The van der Waals surface area contributed by atoms with Crippen LogP contribution in [-0.4, -0.2) is 63.9 Å². The van der Waals surface area contributed by atoms with Crippen molar-refractivity contribution in [1.29, 1.82) is 0 Å². The van der Waals surface area contributed by atoms with Gasteiger partial charge in [0.15, 0.2) is 5.75 Å². The van der Waals surface area contributed by atoms with Crippen molar-refractivity contribution in [2.24, 2.45) is 0 Å². The van der Waals surface area contributed by atoms with Crippen molar-refractivity contribution in [3.8, 4) is 17.0 Å². The van der Waals surface area contributed by atoms with Gasteiger partial charge in [-0.15, -0.1) is 0 Å². The van der Waals surface area contributed by atoms with Crippen LogP contribution in [0.4, 0.5) is 11.4 Å². The van der Waals surface area contributed by atoms with E-state index >= 15 is 0 Å². The normalized spacial score (nSPS) is 15.5. The Balaban J connectivity index is 1.77. The first-order chi connectivity index (χ1) is 14.5. The van der Waals surface area contributed by atoms with Gasteiger partial charge in [-0.25, -0.2) is 4.98 Å². The zero-order valence-corrected chi connectivity index (χ0v) is 17.2. The average Bonchev–Trinajstić information content (AvgIpc) is 3.11. The van der Waals surface area contributed by atoms with Crippen LogP contribution in [0.2, 0.25) is 0 Å². The second-order valence-electron chi connectivity index (χ2n) is 7.45. The van der Waals surface area contributed by atoms with Gasteiger partial charge in [-0.3, -0.25) is 15.0 Å². The van der Waals surface area contributed by atoms with E-state index in [9.17, 15) is 10.1 Å². The third kappa shape index (κ3) is 3.81. The quantitative estimate of drug-likeness (QED) is 0.492. The Labute approximate surface area is 174 Å². The third-order valence-corrected chi connectivity index (χ3v) is 5.67. The third-order valence-electron chi connectivity index (χ3n) is 5.67. The summed E-state index contributed by atoms with van der Waals surface area (Å²) in [4.78, 5) is 20.7. The van der Waals surface area contributed by atoms with E-state index in [1.54, 1.807) is 6.07 Å². The van der Waals surface area contributed by atoms with E-state index in [0.29, 0.717) is 17.8 Å². The minimum atomic E-state index is -0.431. The summed E-state index contributed by atoms with van der Waals surface area (Å²) < 4.78 is 7.14. The molecule has 0 saturated carbocycles. The SMILES string of the molecule is CCN1CCN(Cc2c(-c3ccc(OC)c([N+](=O)[O-])c3)nc3ccc(N)cn23)CC1. The summed E-state index contributed by atoms with van der Waals surface area (Å²) in [6, 6.07) is 8.65. The lowest BCUT2D eigenvalue weighted by Gasteiger charge is -2.34. The monoisotopic (exact) mass is 410 g/mol. The van der Waals surface area contributed by atoms with Crippen LogP contribution in [0.25, 0.3) is 16.9 Å². The summed E-state index contributed by atoms with van der Waals surface area (Å²) in [6.45, 7) is 7.91. The molecule has 2 N–H and O–H groups in total. The maximum absolute atomic E-state index is 11.5. The number of nitrogens with zero attached hydrogens (tertiary/aromatic N) is 5. The van der Waals surface area contributed by atoms with E-state index in [-0.39, 0.29) is 11.4 Å². The largest absolute Gasteiger partial charge is 0.490 e. The van der Waals surface area contributed by atoms with Gasteiger partial charge in [-0.05, 0) is 30.8 Å². The average molecular weight is 410 g/mol. The topological polar surface area (TPSA) is 102 Å². The van der Waals surface area contributed by atoms with Crippen molar-refractivity contribution in [3.05, 3.63) is 52.3 Å². The Morgan fingerprint density at radius 1 is 1.17 bits per heavy atom. The van der Waals surface area contributed by atoms with Crippen LogP contribution in [0.1, 0.15) is 12.6 Å². The number of aromatic nitrogens is 2. The highest BCUT2D eigenvalue weighted by Gasteiger charge is 2.23.